The molecule has 1 aliphatic heterocycles. The first kappa shape index (κ1) is 21.8. The maximum Gasteiger partial charge on any atom is 0.336 e. The predicted octanol–water partition coefficient (Wildman–Crippen LogP) is 6.03. The molecule has 2 aromatic carbocycles. The molecule has 2 atom stereocenters. The molecule has 1 N–H and O–H groups in total. The lowest BCUT2D eigenvalue weighted by molar-refractivity contribution is -0.138. The van der Waals surface area contributed by atoms with Gasteiger partial charge in [-0.05, 0) is 61.6 Å². The van der Waals surface area contributed by atoms with Crippen LogP contribution in [0.2, 0.25) is 5.02 Å². The van der Waals surface area contributed by atoms with Gasteiger partial charge in [-0.1, -0.05) is 51.8 Å². The van der Waals surface area contributed by atoms with E-state index in [1.165, 1.54) is 0 Å². The molecule has 1 heterocycles. The fourth-order valence-electron chi connectivity index (χ4n) is 4.48. The average molecular weight is 501 g/mol. The molecule has 0 amide bonds. The Kier molecular flexibility index (Phi) is 6.35. The van der Waals surface area contributed by atoms with Crippen molar-refractivity contribution in [2.45, 2.75) is 38.5 Å². The lowest BCUT2D eigenvalue weighted by atomic mass is 9.72. The number of carbonyl (C=O) groups excluding carboxylic acids is 2. The first-order valence-corrected chi connectivity index (χ1v) is 11.5. The highest BCUT2D eigenvalue weighted by atomic mass is 79.9. The summed E-state index contributed by atoms with van der Waals surface area (Å²) in [6.07, 6.45) is 1.09. The van der Waals surface area contributed by atoms with E-state index in [1.807, 2.05) is 55.5 Å². The Bertz CT molecular complexity index is 1090. The molecule has 31 heavy (non-hydrogen) atoms. The van der Waals surface area contributed by atoms with Crippen LogP contribution in [0.25, 0.3) is 0 Å². The number of dihydropyridines is 1. The number of nitrogens with one attached hydrogen (secondary N) is 1. The molecule has 0 bridgehead atoms. The van der Waals surface area contributed by atoms with Crippen molar-refractivity contribution in [1.82, 2.24) is 5.32 Å². The van der Waals surface area contributed by atoms with E-state index in [0.717, 1.165) is 27.0 Å². The number of Topliss-reactive ketones (excluding diaryl/α,β-unsaturated/α-hetero) is 1. The second kappa shape index (κ2) is 9.01. The highest BCUT2D eigenvalue weighted by molar-refractivity contribution is 9.10. The summed E-state index contributed by atoms with van der Waals surface area (Å²) < 4.78 is 6.29. The van der Waals surface area contributed by atoms with Crippen LogP contribution in [0, 0.1) is 0 Å². The Morgan fingerprint density at radius 1 is 1.10 bits per heavy atom. The molecular weight excluding hydrogens is 478 g/mol. The largest absolute Gasteiger partial charge is 0.463 e. The Hall–Kier alpha value is -2.37. The van der Waals surface area contributed by atoms with E-state index in [4.69, 9.17) is 16.3 Å². The molecule has 0 saturated heterocycles. The lowest BCUT2D eigenvalue weighted by Crippen LogP contribution is -2.36. The summed E-state index contributed by atoms with van der Waals surface area (Å²) in [5, 5.41) is 4.04. The van der Waals surface area contributed by atoms with Gasteiger partial charge in [-0.15, -0.1) is 0 Å². The van der Waals surface area contributed by atoms with Gasteiger partial charge in [0.25, 0.3) is 0 Å². The predicted molar refractivity (Wildman–Crippen MR) is 125 cm³/mol. The molecule has 0 unspecified atom stereocenters. The fraction of sp³-hybridized carbons (Fsp3) is 0.280. The third kappa shape index (κ3) is 4.35. The molecule has 6 heteroatoms. The van der Waals surface area contributed by atoms with Crippen molar-refractivity contribution in [2.24, 2.45) is 0 Å². The number of rotatable bonds is 4. The molecule has 2 aromatic rings. The van der Waals surface area contributed by atoms with E-state index >= 15 is 0 Å². The standard InChI is InChI=1S/C25H23BrClNO3/c1-3-31-25(30)22-14(2)28-20-12-17(15-6-10-19(27)11-7-15)13-21(29)24(20)23(22)16-4-8-18(26)9-5-16/h4-11,17,23,28H,3,12-13H2,1-2H3/t17-,23-/m1/s1. The fourth-order valence-corrected chi connectivity index (χ4v) is 4.87. The smallest absolute Gasteiger partial charge is 0.336 e. The van der Waals surface area contributed by atoms with Crippen LogP contribution < -0.4 is 5.32 Å². The molecule has 160 valence electrons. The molecule has 0 spiro atoms. The first-order chi connectivity index (χ1) is 14.9. The van der Waals surface area contributed by atoms with E-state index < -0.39 is 5.92 Å². The number of hydrogen-bond acceptors (Lipinski definition) is 4. The van der Waals surface area contributed by atoms with Gasteiger partial charge in [0.1, 0.15) is 0 Å². The topological polar surface area (TPSA) is 55.4 Å². The maximum atomic E-state index is 13.5. The van der Waals surface area contributed by atoms with Crippen molar-refractivity contribution in [3.63, 3.8) is 0 Å². The second-order valence-corrected chi connectivity index (χ2v) is 9.19. The summed E-state index contributed by atoms with van der Waals surface area (Å²) in [4.78, 5) is 26.3. The zero-order valence-corrected chi connectivity index (χ0v) is 19.7. The van der Waals surface area contributed by atoms with Crippen LogP contribution in [0.3, 0.4) is 0 Å². The Balaban J connectivity index is 1.78. The monoisotopic (exact) mass is 499 g/mol. The van der Waals surface area contributed by atoms with Crippen molar-refractivity contribution in [1.29, 1.82) is 0 Å². The SMILES string of the molecule is CCOC(=O)C1=C(C)NC2=C(C(=O)C[C@H](c3ccc(Cl)cc3)C2)[C@@H]1c1ccc(Br)cc1. The van der Waals surface area contributed by atoms with Gasteiger partial charge >= 0.3 is 5.97 Å². The van der Waals surface area contributed by atoms with Gasteiger partial charge < -0.3 is 10.1 Å². The number of benzene rings is 2. The summed E-state index contributed by atoms with van der Waals surface area (Å²) in [6, 6.07) is 15.4. The highest BCUT2D eigenvalue weighted by Crippen LogP contribution is 2.45. The molecule has 2 aliphatic rings. The third-order valence-corrected chi connectivity index (χ3v) is 6.65. The molecular formula is C25H23BrClNO3. The van der Waals surface area contributed by atoms with Gasteiger partial charge in [-0.3, -0.25) is 4.79 Å². The number of carbonyl (C=O) groups is 2. The normalized spacial score (nSPS) is 21.0. The van der Waals surface area contributed by atoms with Gasteiger partial charge in [0.15, 0.2) is 5.78 Å². The third-order valence-electron chi connectivity index (χ3n) is 5.87. The van der Waals surface area contributed by atoms with E-state index in [2.05, 4.69) is 21.2 Å². The van der Waals surface area contributed by atoms with Gasteiger partial charge in [-0.25, -0.2) is 4.79 Å². The molecule has 0 aromatic heterocycles. The zero-order chi connectivity index (χ0) is 22.1. The Morgan fingerprint density at radius 3 is 2.39 bits per heavy atom. The van der Waals surface area contributed by atoms with Crippen LogP contribution in [0.15, 0.2) is 75.5 Å². The van der Waals surface area contributed by atoms with Gasteiger partial charge in [0.05, 0.1) is 12.2 Å². The van der Waals surface area contributed by atoms with Crippen molar-refractivity contribution in [3.8, 4) is 0 Å². The van der Waals surface area contributed by atoms with E-state index in [0.29, 0.717) is 29.0 Å². The highest BCUT2D eigenvalue weighted by Gasteiger charge is 2.41. The maximum absolute atomic E-state index is 13.5. The molecule has 4 nitrogen and oxygen atoms in total. The van der Waals surface area contributed by atoms with Crippen LogP contribution in [0.5, 0.6) is 0 Å². The minimum Gasteiger partial charge on any atom is -0.463 e. The molecule has 0 radical (unpaired) electrons. The number of ketones is 1. The molecule has 0 fully saturated rings. The molecule has 0 saturated carbocycles. The van der Waals surface area contributed by atoms with E-state index in [-0.39, 0.29) is 24.3 Å². The zero-order valence-electron chi connectivity index (χ0n) is 17.4. The summed E-state index contributed by atoms with van der Waals surface area (Å²) in [5.74, 6) is -0.712. The van der Waals surface area contributed by atoms with Gasteiger partial charge in [0.2, 0.25) is 0 Å². The average Bonchev–Trinajstić information content (AvgIpc) is 2.74. The quantitative estimate of drug-likeness (QED) is 0.521. The Labute approximate surface area is 195 Å². The van der Waals surface area contributed by atoms with Crippen LogP contribution >= 0.6 is 27.5 Å². The lowest BCUT2D eigenvalue weighted by Gasteiger charge is -2.36. The van der Waals surface area contributed by atoms with Gasteiger partial charge in [0, 0.05) is 38.8 Å². The number of allylic oxidation sites excluding steroid dienone is 3. The molecule has 4 rings (SSSR count). The summed E-state index contributed by atoms with van der Waals surface area (Å²) in [7, 11) is 0. The Morgan fingerprint density at radius 2 is 1.74 bits per heavy atom. The number of halogens is 2. The summed E-state index contributed by atoms with van der Waals surface area (Å²) in [6.45, 7) is 3.94. The van der Waals surface area contributed by atoms with Gasteiger partial charge in [-0.2, -0.15) is 0 Å². The van der Waals surface area contributed by atoms with Crippen LogP contribution in [-0.2, 0) is 14.3 Å². The van der Waals surface area contributed by atoms with Crippen LogP contribution in [0.1, 0.15) is 49.7 Å². The second-order valence-electron chi connectivity index (χ2n) is 7.84. The van der Waals surface area contributed by atoms with Crippen molar-refractivity contribution < 1.29 is 14.3 Å². The van der Waals surface area contributed by atoms with E-state index in [9.17, 15) is 9.59 Å². The summed E-state index contributed by atoms with van der Waals surface area (Å²) in [5.41, 5.74) is 4.77. The van der Waals surface area contributed by atoms with E-state index in [1.54, 1.807) is 6.92 Å². The van der Waals surface area contributed by atoms with Crippen molar-refractivity contribution >= 4 is 39.3 Å². The number of esters is 1. The van der Waals surface area contributed by atoms with Crippen molar-refractivity contribution in [2.75, 3.05) is 6.61 Å². The van der Waals surface area contributed by atoms with Crippen LogP contribution in [-0.4, -0.2) is 18.4 Å². The number of ether oxygens (including phenoxy) is 1. The van der Waals surface area contributed by atoms with Crippen LogP contribution in [0.4, 0.5) is 0 Å². The molecule has 1 aliphatic carbocycles. The first-order valence-electron chi connectivity index (χ1n) is 10.3. The number of hydrogen-bond donors (Lipinski definition) is 1. The summed E-state index contributed by atoms with van der Waals surface area (Å²) >= 11 is 9.50. The minimum absolute atomic E-state index is 0.0518. The minimum atomic E-state index is -0.443. The van der Waals surface area contributed by atoms with Crippen molar-refractivity contribution in [3.05, 3.63) is 91.7 Å².